The van der Waals surface area contributed by atoms with Crippen molar-refractivity contribution in [3.05, 3.63) is 38.9 Å². The first-order chi connectivity index (χ1) is 8.04. The molecular weight excluding hydrogens is 350 g/mol. The molecule has 0 aliphatic heterocycles. The van der Waals surface area contributed by atoms with E-state index in [2.05, 4.69) is 41.8 Å². The maximum Gasteiger partial charge on any atom is 0.325 e. The van der Waals surface area contributed by atoms with Gasteiger partial charge < -0.3 is 10.5 Å². The lowest BCUT2D eigenvalue weighted by atomic mass is 10.2. The van der Waals surface area contributed by atoms with Crippen molar-refractivity contribution in [1.29, 1.82) is 0 Å². The Balaban J connectivity index is 2.28. The molecule has 1 heterocycles. The molecule has 0 radical (unpaired) electrons. The molecule has 0 amide bonds. The van der Waals surface area contributed by atoms with Crippen LogP contribution in [0.4, 0.5) is 5.82 Å². The van der Waals surface area contributed by atoms with E-state index in [1.165, 1.54) is 0 Å². The van der Waals surface area contributed by atoms with Gasteiger partial charge in [-0.05, 0) is 46.6 Å². The molecule has 0 spiro atoms. The topological polar surface area (TPSA) is 61.0 Å². The summed E-state index contributed by atoms with van der Waals surface area (Å²) in [5.74, 6) is 1.03. The average molecular weight is 359 g/mol. The molecule has 4 nitrogen and oxygen atoms in total. The largest absolute Gasteiger partial charge is 0.424 e. The van der Waals surface area contributed by atoms with E-state index in [9.17, 15) is 0 Å². The quantitative estimate of drug-likeness (QED) is 0.831. The molecule has 0 atom stereocenters. The lowest BCUT2D eigenvalue weighted by Crippen LogP contribution is -1.97. The monoisotopic (exact) mass is 357 g/mol. The van der Waals surface area contributed by atoms with Crippen molar-refractivity contribution >= 4 is 37.7 Å². The summed E-state index contributed by atoms with van der Waals surface area (Å²) in [7, 11) is 0. The number of hydrogen-bond donors (Lipinski definition) is 1. The number of ether oxygens (including phenoxy) is 1. The standard InChI is InChI=1S/C11H9Br2N3O/c1-6-4-7(2-3-8(6)12)17-11-15-9(13)5-10(14)16-11/h2-5H,1H3,(H2,14,15,16). The van der Waals surface area contributed by atoms with Crippen molar-refractivity contribution in [2.45, 2.75) is 6.92 Å². The highest BCUT2D eigenvalue weighted by Gasteiger charge is 2.04. The summed E-state index contributed by atoms with van der Waals surface area (Å²) in [6.07, 6.45) is 0. The fourth-order valence-electron chi connectivity index (χ4n) is 1.25. The van der Waals surface area contributed by atoms with Crippen molar-refractivity contribution in [3.8, 4) is 11.8 Å². The Hall–Kier alpha value is -1.14. The van der Waals surface area contributed by atoms with Crippen LogP contribution in [0.3, 0.4) is 0 Å². The molecule has 17 heavy (non-hydrogen) atoms. The number of nitrogens with zero attached hydrogens (tertiary/aromatic N) is 2. The Kier molecular flexibility index (Phi) is 3.63. The van der Waals surface area contributed by atoms with Crippen LogP contribution in [0.2, 0.25) is 0 Å². The van der Waals surface area contributed by atoms with Crippen LogP contribution in [-0.4, -0.2) is 9.97 Å². The minimum absolute atomic E-state index is 0.221. The Labute approximate surface area is 115 Å². The van der Waals surface area contributed by atoms with Gasteiger partial charge in [0.15, 0.2) is 0 Å². The number of aromatic nitrogens is 2. The summed E-state index contributed by atoms with van der Waals surface area (Å²) in [4.78, 5) is 8.06. The van der Waals surface area contributed by atoms with Crippen LogP contribution in [0.15, 0.2) is 33.3 Å². The normalized spacial score (nSPS) is 10.3. The molecule has 0 aliphatic rings. The summed E-state index contributed by atoms with van der Waals surface area (Å²) < 4.78 is 7.14. The molecule has 0 bridgehead atoms. The lowest BCUT2D eigenvalue weighted by molar-refractivity contribution is 0.441. The molecule has 0 saturated heterocycles. The molecule has 2 rings (SSSR count). The van der Waals surface area contributed by atoms with E-state index < -0.39 is 0 Å². The zero-order chi connectivity index (χ0) is 12.4. The zero-order valence-corrected chi connectivity index (χ0v) is 12.1. The Morgan fingerprint density at radius 2 is 1.94 bits per heavy atom. The van der Waals surface area contributed by atoms with Crippen LogP contribution in [0.25, 0.3) is 0 Å². The molecule has 88 valence electrons. The lowest BCUT2D eigenvalue weighted by Gasteiger charge is -2.06. The van der Waals surface area contributed by atoms with E-state index in [1.54, 1.807) is 6.07 Å². The van der Waals surface area contributed by atoms with E-state index in [4.69, 9.17) is 10.5 Å². The van der Waals surface area contributed by atoms with Gasteiger partial charge in [0.1, 0.15) is 16.2 Å². The summed E-state index contributed by atoms with van der Waals surface area (Å²) in [5, 5.41) is 0. The average Bonchev–Trinajstić information content (AvgIpc) is 2.22. The first-order valence-corrected chi connectivity index (χ1v) is 6.37. The van der Waals surface area contributed by atoms with Crippen LogP contribution in [-0.2, 0) is 0 Å². The number of nitrogen functional groups attached to an aromatic ring is 1. The van der Waals surface area contributed by atoms with Gasteiger partial charge in [-0.25, -0.2) is 0 Å². The summed E-state index contributed by atoms with van der Waals surface area (Å²) in [5.41, 5.74) is 6.67. The Morgan fingerprint density at radius 3 is 2.59 bits per heavy atom. The number of rotatable bonds is 2. The van der Waals surface area contributed by atoms with Crippen LogP contribution in [0.1, 0.15) is 5.56 Å². The molecule has 6 heteroatoms. The molecular formula is C11H9Br2N3O. The summed E-state index contributed by atoms with van der Waals surface area (Å²) >= 11 is 6.66. The van der Waals surface area contributed by atoms with Gasteiger partial charge in [-0.2, -0.15) is 9.97 Å². The number of aryl methyl sites for hydroxylation is 1. The van der Waals surface area contributed by atoms with Gasteiger partial charge in [-0.15, -0.1) is 0 Å². The second-order valence-corrected chi connectivity index (χ2v) is 5.08. The van der Waals surface area contributed by atoms with Gasteiger partial charge in [0.25, 0.3) is 0 Å². The highest BCUT2D eigenvalue weighted by atomic mass is 79.9. The third-order valence-electron chi connectivity index (χ3n) is 2.03. The number of anilines is 1. The molecule has 0 fully saturated rings. The van der Waals surface area contributed by atoms with E-state index in [-0.39, 0.29) is 6.01 Å². The second kappa shape index (κ2) is 5.01. The van der Waals surface area contributed by atoms with Gasteiger partial charge >= 0.3 is 6.01 Å². The van der Waals surface area contributed by atoms with E-state index >= 15 is 0 Å². The molecule has 0 aliphatic carbocycles. The fraction of sp³-hybridized carbons (Fsp3) is 0.0909. The van der Waals surface area contributed by atoms with Gasteiger partial charge in [0.05, 0.1) is 0 Å². The van der Waals surface area contributed by atoms with Crippen molar-refractivity contribution < 1.29 is 4.74 Å². The fourth-order valence-corrected chi connectivity index (χ4v) is 1.88. The summed E-state index contributed by atoms with van der Waals surface area (Å²) in [6.45, 7) is 1.98. The Bertz CT molecular complexity index is 540. The van der Waals surface area contributed by atoms with E-state index in [0.29, 0.717) is 16.2 Å². The number of hydrogen-bond acceptors (Lipinski definition) is 4. The van der Waals surface area contributed by atoms with Crippen LogP contribution in [0.5, 0.6) is 11.8 Å². The van der Waals surface area contributed by atoms with Crippen molar-refractivity contribution in [1.82, 2.24) is 9.97 Å². The van der Waals surface area contributed by atoms with Gasteiger partial charge in [0.2, 0.25) is 0 Å². The number of benzene rings is 1. The third kappa shape index (κ3) is 3.17. The SMILES string of the molecule is Cc1cc(Oc2nc(N)cc(Br)n2)ccc1Br. The minimum Gasteiger partial charge on any atom is -0.424 e. The first-order valence-electron chi connectivity index (χ1n) is 4.78. The second-order valence-electron chi connectivity index (χ2n) is 3.41. The van der Waals surface area contributed by atoms with Gasteiger partial charge in [-0.1, -0.05) is 15.9 Å². The smallest absolute Gasteiger partial charge is 0.325 e. The zero-order valence-electron chi connectivity index (χ0n) is 8.95. The van der Waals surface area contributed by atoms with Crippen LogP contribution < -0.4 is 10.5 Å². The predicted molar refractivity (Wildman–Crippen MR) is 73.1 cm³/mol. The molecule has 2 aromatic rings. The van der Waals surface area contributed by atoms with Crippen molar-refractivity contribution in [2.24, 2.45) is 0 Å². The van der Waals surface area contributed by atoms with Crippen LogP contribution in [0, 0.1) is 6.92 Å². The maximum atomic E-state index is 5.60. The molecule has 1 aromatic heterocycles. The van der Waals surface area contributed by atoms with Crippen LogP contribution >= 0.6 is 31.9 Å². The molecule has 0 unspecified atom stereocenters. The number of halogens is 2. The van der Waals surface area contributed by atoms with Crippen molar-refractivity contribution in [2.75, 3.05) is 5.73 Å². The predicted octanol–water partition coefficient (Wildman–Crippen LogP) is 3.68. The van der Waals surface area contributed by atoms with Gasteiger partial charge in [0, 0.05) is 10.5 Å². The highest BCUT2D eigenvalue weighted by Crippen LogP contribution is 2.25. The number of nitrogens with two attached hydrogens (primary N) is 1. The molecule has 2 N–H and O–H groups in total. The first kappa shape index (κ1) is 12.3. The maximum absolute atomic E-state index is 5.60. The third-order valence-corrected chi connectivity index (χ3v) is 3.33. The van der Waals surface area contributed by atoms with Gasteiger partial charge in [-0.3, -0.25) is 0 Å². The highest BCUT2D eigenvalue weighted by molar-refractivity contribution is 9.10. The Morgan fingerprint density at radius 1 is 1.18 bits per heavy atom. The molecule has 0 saturated carbocycles. The minimum atomic E-state index is 0.221. The summed E-state index contributed by atoms with van der Waals surface area (Å²) in [6, 6.07) is 7.46. The van der Waals surface area contributed by atoms with E-state index in [0.717, 1.165) is 10.0 Å². The van der Waals surface area contributed by atoms with E-state index in [1.807, 2.05) is 25.1 Å². The van der Waals surface area contributed by atoms with Crippen molar-refractivity contribution in [3.63, 3.8) is 0 Å². The molecule has 1 aromatic carbocycles.